The van der Waals surface area contributed by atoms with Crippen molar-refractivity contribution in [3.8, 4) is 5.75 Å². The highest BCUT2D eigenvalue weighted by Gasteiger charge is 2.33. The third-order valence-corrected chi connectivity index (χ3v) is 5.09. The van der Waals surface area contributed by atoms with E-state index in [0.29, 0.717) is 12.4 Å². The second-order valence-corrected chi connectivity index (χ2v) is 7.28. The van der Waals surface area contributed by atoms with Crippen LogP contribution in [0.25, 0.3) is 0 Å². The molecule has 2 fully saturated rings. The molecule has 2 aliphatic rings. The number of ether oxygens (including phenoxy) is 1. The fourth-order valence-corrected chi connectivity index (χ4v) is 3.27. The molecule has 0 radical (unpaired) electrons. The number of benzene rings is 1. The number of rotatable bonds is 5. The Morgan fingerprint density at radius 3 is 2.52 bits per heavy atom. The SMILES string of the molecule is CC1(COc2cc(F)c(C(=O)O)cc2C2CC2)CCC(O)CC1. The summed E-state index contributed by atoms with van der Waals surface area (Å²) in [5.41, 5.74) is 0.497. The highest BCUT2D eigenvalue weighted by atomic mass is 19.1. The van der Waals surface area contributed by atoms with Crippen molar-refractivity contribution in [3.63, 3.8) is 0 Å². The summed E-state index contributed by atoms with van der Waals surface area (Å²) in [5, 5.41) is 18.7. The zero-order valence-corrected chi connectivity index (χ0v) is 13.3. The van der Waals surface area contributed by atoms with E-state index in [1.807, 2.05) is 0 Å². The number of hydrogen-bond donors (Lipinski definition) is 2. The fraction of sp³-hybridized carbons (Fsp3) is 0.611. The van der Waals surface area contributed by atoms with Crippen LogP contribution < -0.4 is 4.74 Å². The Morgan fingerprint density at radius 2 is 1.96 bits per heavy atom. The van der Waals surface area contributed by atoms with Gasteiger partial charge in [-0.05, 0) is 56.1 Å². The lowest BCUT2D eigenvalue weighted by Gasteiger charge is -2.35. The minimum atomic E-state index is -1.25. The summed E-state index contributed by atoms with van der Waals surface area (Å²) in [6, 6.07) is 2.65. The maximum absolute atomic E-state index is 14.0. The van der Waals surface area contributed by atoms with Crippen molar-refractivity contribution in [1.29, 1.82) is 0 Å². The second-order valence-electron chi connectivity index (χ2n) is 7.28. The van der Waals surface area contributed by atoms with Gasteiger partial charge in [0.2, 0.25) is 0 Å². The van der Waals surface area contributed by atoms with Gasteiger partial charge >= 0.3 is 5.97 Å². The molecule has 5 heteroatoms. The van der Waals surface area contributed by atoms with Gasteiger partial charge in [0.05, 0.1) is 18.3 Å². The topological polar surface area (TPSA) is 66.8 Å². The lowest BCUT2D eigenvalue weighted by Crippen LogP contribution is -2.32. The summed E-state index contributed by atoms with van der Waals surface area (Å²) in [6.45, 7) is 2.59. The van der Waals surface area contributed by atoms with Crippen LogP contribution in [0.2, 0.25) is 0 Å². The van der Waals surface area contributed by atoms with E-state index >= 15 is 0 Å². The van der Waals surface area contributed by atoms with Gasteiger partial charge in [0, 0.05) is 11.5 Å². The predicted molar refractivity (Wildman–Crippen MR) is 83.4 cm³/mol. The summed E-state index contributed by atoms with van der Waals surface area (Å²) >= 11 is 0. The van der Waals surface area contributed by atoms with Gasteiger partial charge in [-0.1, -0.05) is 6.92 Å². The van der Waals surface area contributed by atoms with Crippen LogP contribution in [-0.2, 0) is 0 Å². The van der Waals surface area contributed by atoms with Crippen LogP contribution in [0.5, 0.6) is 5.75 Å². The summed E-state index contributed by atoms with van der Waals surface area (Å²) in [5.74, 6) is -1.24. The van der Waals surface area contributed by atoms with Crippen molar-refractivity contribution >= 4 is 5.97 Å². The predicted octanol–water partition coefficient (Wildman–Crippen LogP) is 3.72. The van der Waals surface area contributed by atoms with Crippen LogP contribution in [-0.4, -0.2) is 28.9 Å². The van der Waals surface area contributed by atoms with Crippen LogP contribution in [0.1, 0.15) is 67.3 Å². The molecular formula is C18H23FO4. The minimum Gasteiger partial charge on any atom is -0.493 e. The largest absolute Gasteiger partial charge is 0.493 e. The number of halogens is 1. The van der Waals surface area contributed by atoms with Crippen molar-refractivity contribution in [2.45, 2.75) is 57.5 Å². The molecule has 0 saturated heterocycles. The number of aromatic carboxylic acids is 1. The Bertz CT molecular complexity index is 601. The quantitative estimate of drug-likeness (QED) is 0.867. The second kappa shape index (κ2) is 6.11. The molecule has 23 heavy (non-hydrogen) atoms. The highest BCUT2D eigenvalue weighted by Crippen LogP contribution is 2.46. The van der Waals surface area contributed by atoms with Gasteiger partial charge in [-0.15, -0.1) is 0 Å². The van der Waals surface area contributed by atoms with Gasteiger partial charge in [-0.2, -0.15) is 0 Å². The molecule has 1 aromatic carbocycles. The van der Waals surface area contributed by atoms with E-state index in [1.54, 1.807) is 0 Å². The molecule has 0 heterocycles. The molecule has 0 amide bonds. The Morgan fingerprint density at radius 1 is 1.30 bits per heavy atom. The molecule has 126 valence electrons. The Labute approximate surface area is 135 Å². The summed E-state index contributed by atoms with van der Waals surface area (Å²) in [6.07, 6.45) is 5.04. The lowest BCUT2D eigenvalue weighted by atomic mass is 9.75. The van der Waals surface area contributed by atoms with Crippen LogP contribution in [0, 0.1) is 11.2 Å². The van der Waals surface area contributed by atoms with E-state index in [2.05, 4.69) is 6.92 Å². The molecule has 2 saturated carbocycles. The summed E-state index contributed by atoms with van der Waals surface area (Å²) in [4.78, 5) is 11.1. The standard InChI is InChI=1S/C18H23FO4/c1-18(6-4-12(20)5-7-18)10-23-16-9-15(19)14(17(21)22)8-13(16)11-2-3-11/h8-9,11-12,20H,2-7,10H2,1H3,(H,21,22). The third-order valence-electron chi connectivity index (χ3n) is 5.09. The Kier molecular flexibility index (Phi) is 4.32. The molecule has 2 N–H and O–H groups in total. The number of carbonyl (C=O) groups is 1. The average Bonchev–Trinajstić information content (AvgIpc) is 3.33. The van der Waals surface area contributed by atoms with Gasteiger partial charge in [-0.25, -0.2) is 9.18 Å². The van der Waals surface area contributed by atoms with E-state index < -0.39 is 11.8 Å². The van der Waals surface area contributed by atoms with Gasteiger partial charge in [0.25, 0.3) is 0 Å². The van der Waals surface area contributed by atoms with Gasteiger partial charge in [0.1, 0.15) is 11.6 Å². The summed E-state index contributed by atoms with van der Waals surface area (Å²) in [7, 11) is 0. The normalized spacial score (nSPS) is 27.7. The van der Waals surface area contributed by atoms with Crippen LogP contribution in [0.4, 0.5) is 4.39 Å². The van der Waals surface area contributed by atoms with E-state index in [1.165, 1.54) is 12.1 Å². The minimum absolute atomic E-state index is 0.0258. The highest BCUT2D eigenvalue weighted by molar-refractivity contribution is 5.88. The average molecular weight is 322 g/mol. The molecule has 0 unspecified atom stereocenters. The number of carboxylic acids is 1. The van der Waals surface area contributed by atoms with Crippen LogP contribution in [0.3, 0.4) is 0 Å². The Balaban J connectivity index is 1.77. The third kappa shape index (κ3) is 3.66. The van der Waals surface area contributed by atoms with Gasteiger partial charge in [-0.3, -0.25) is 0 Å². The molecular weight excluding hydrogens is 299 g/mol. The summed E-state index contributed by atoms with van der Waals surface area (Å²) < 4.78 is 19.9. The van der Waals surface area contributed by atoms with E-state index in [-0.39, 0.29) is 23.0 Å². The number of hydrogen-bond acceptors (Lipinski definition) is 3. The van der Waals surface area contributed by atoms with Gasteiger partial charge < -0.3 is 14.9 Å². The Hall–Kier alpha value is -1.62. The number of aliphatic hydroxyl groups is 1. The van der Waals surface area contributed by atoms with E-state index in [0.717, 1.165) is 44.1 Å². The molecule has 3 rings (SSSR count). The van der Waals surface area contributed by atoms with Crippen molar-refractivity contribution < 1.29 is 24.1 Å². The zero-order valence-electron chi connectivity index (χ0n) is 13.3. The zero-order chi connectivity index (χ0) is 16.6. The molecule has 0 bridgehead atoms. The van der Waals surface area contributed by atoms with Crippen molar-refractivity contribution in [1.82, 2.24) is 0 Å². The molecule has 0 aliphatic heterocycles. The van der Waals surface area contributed by atoms with Crippen molar-refractivity contribution in [2.24, 2.45) is 5.41 Å². The monoisotopic (exact) mass is 322 g/mol. The molecule has 0 aromatic heterocycles. The van der Waals surface area contributed by atoms with E-state index in [4.69, 9.17) is 9.84 Å². The molecule has 0 spiro atoms. The maximum atomic E-state index is 14.0. The van der Waals surface area contributed by atoms with Crippen molar-refractivity contribution in [3.05, 3.63) is 29.1 Å². The van der Waals surface area contributed by atoms with Crippen LogP contribution in [0.15, 0.2) is 12.1 Å². The van der Waals surface area contributed by atoms with Crippen LogP contribution >= 0.6 is 0 Å². The maximum Gasteiger partial charge on any atom is 0.338 e. The fourth-order valence-electron chi connectivity index (χ4n) is 3.27. The van der Waals surface area contributed by atoms with E-state index in [9.17, 15) is 14.3 Å². The van der Waals surface area contributed by atoms with Crippen molar-refractivity contribution in [2.75, 3.05) is 6.61 Å². The van der Waals surface area contributed by atoms with Gasteiger partial charge in [0.15, 0.2) is 0 Å². The lowest BCUT2D eigenvalue weighted by molar-refractivity contribution is 0.0424. The molecule has 2 aliphatic carbocycles. The first-order valence-corrected chi connectivity index (χ1v) is 8.25. The number of carboxylic acid groups (broad SMARTS) is 1. The first-order chi connectivity index (χ1) is 10.9. The first kappa shape index (κ1) is 16.2. The molecule has 1 aromatic rings. The smallest absolute Gasteiger partial charge is 0.338 e. The first-order valence-electron chi connectivity index (χ1n) is 8.25. The molecule has 0 atom stereocenters. The molecule has 4 nitrogen and oxygen atoms in total. The number of aliphatic hydroxyl groups excluding tert-OH is 1.